The monoisotopic (exact) mass is 196 g/mol. The molecule has 1 rings (SSSR count). The quantitative estimate of drug-likeness (QED) is 0.690. The topological polar surface area (TPSA) is 73.8 Å². The highest BCUT2D eigenvalue weighted by Gasteiger charge is 2.11. The Morgan fingerprint density at radius 1 is 1.71 bits per heavy atom. The van der Waals surface area contributed by atoms with E-state index in [1.807, 2.05) is 6.92 Å². The van der Waals surface area contributed by atoms with Crippen LogP contribution in [-0.4, -0.2) is 27.3 Å². The fraction of sp³-hybridized carbons (Fsp3) is 0.667. The molecule has 0 aliphatic heterocycles. The number of aromatic nitrogens is 3. The molecule has 0 saturated carbocycles. The van der Waals surface area contributed by atoms with E-state index in [4.69, 9.17) is 5.73 Å². The lowest BCUT2D eigenvalue weighted by molar-refractivity contribution is 0.0966. The van der Waals surface area contributed by atoms with E-state index in [0.29, 0.717) is 24.6 Å². The predicted octanol–water partition coefficient (Wildman–Crippen LogP) is 0.373. The molecule has 0 aliphatic carbocycles. The van der Waals surface area contributed by atoms with Crippen LogP contribution in [0.3, 0.4) is 0 Å². The van der Waals surface area contributed by atoms with Crippen LogP contribution in [0.1, 0.15) is 30.3 Å². The summed E-state index contributed by atoms with van der Waals surface area (Å²) in [6.07, 6.45) is 2.83. The molecule has 2 N–H and O–H groups in total. The smallest absolute Gasteiger partial charge is 0.182 e. The molecule has 0 amide bonds. The summed E-state index contributed by atoms with van der Waals surface area (Å²) in [5.74, 6) is 0.470. The van der Waals surface area contributed by atoms with Crippen LogP contribution in [0.5, 0.6) is 0 Å². The molecule has 0 saturated heterocycles. The van der Waals surface area contributed by atoms with E-state index >= 15 is 0 Å². The van der Waals surface area contributed by atoms with Crippen LogP contribution in [0.15, 0.2) is 6.20 Å². The first-order valence-corrected chi connectivity index (χ1v) is 4.73. The number of rotatable bonds is 5. The van der Waals surface area contributed by atoms with Crippen LogP contribution in [0.4, 0.5) is 0 Å². The van der Waals surface area contributed by atoms with Gasteiger partial charge >= 0.3 is 0 Å². The molecule has 1 unspecified atom stereocenters. The maximum atomic E-state index is 11.6. The summed E-state index contributed by atoms with van der Waals surface area (Å²) < 4.78 is 1.50. The van der Waals surface area contributed by atoms with Gasteiger partial charge in [-0.2, -0.15) is 0 Å². The minimum Gasteiger partial charge on any atom is -0.330 e. The number of hydrogen-bond donors (Lipinski definition) is 1. The lowest BCUT2D eigenvalue weighted by Crippen LogP contribution is -2.13. The third-order valence-electron chi connectivity index (χ3n) is 2.27. The van der Waals surface area contributed by atoms with E-state index in [9.17, 15) is 4.79 Å². The molecule has 0 aliphatic rings. The zero-order valence-corrected chi connectivity index (χ0v) is 8.60. The van der Waals surface area contributed by atoms with Crippen molar-refractivity contribution in [3.8, 4) is 0 Å². The van der Waals surface area contributed by atoms with Gasteiger partial charge in [0.2, 0.25) is 0 Å². The molecule has 0 fully saturated rings. The van der Waals surface area contributed by atoms with Gasteiger partial charge in [0, 0.05) is 13.5 Å². The Morgan fingerprint density at radius 3 is 2.93 bits per heavy atom. The minimum absolute atomic E-state index is 0.0813. The van der Waals surface area contributed by atoms with Gasteiger partial charge in [-0.15, -0.1) is 5.10 Å². The zero-order valence-electron chi connectivity index (χ0n) is 8.60. The number of aryl methyl sites for hydroxylation is 1. The van der Waals surface area contributed by atoms with E-state index in [1.165, 1.54) is 10.9 Å². The molecule has 1 heterocycles. The Bertz CT molecular complexity index is 308. The highest BCUT2D eigenvalue weighted by atomic mass is 16.1. The summed E-state index contributed by atoms with van der Waals surface area (Å²) in [4.78, 5) is 11.6. The van der Waals surface area contributed by atoms with Gasteiger partial charge < -0.3 is 5.73 Å². The maximum Gasteiger partial charge on any atom is 0.182 e. The molecular weight excluding hydrogens is 180 g/mol. The van der Waals surface area contributed by atoms with Crippen LogP contribution in [0, 0.1) is 5.92 Å². The first-order valence-electron chi connectivity index (χ1n) is 4.73. The van der Waals surface area contributed by atoms with Crippen molar-refractivity contribution in [2.45, 2.75) is 19.8 Å². The summed E-state index contributed by atoms with van der Waals surface area (Å²) in [6, 6.07) is 0. The lowest BCUT2D eigenvalue weighted by atomic mass is 10.0. The van der Waals surface area contributed by atoms with Crippen molar-refractivity contribution in [3.63, 3.8) is 0 Å². The highest BCUT2D eigenvalue weighted by Crippen LogP contribution is 2.08. The number of nitrogens with zero attached hydrogens (tertiary/aromatic N) is 3. The highest BCUT2D eigenvalue weighted by molar-refractivity contribution is 5.94. The second-order valence-electron chi connectivity index (χ2n) is 3.55. The summed E-state index contributed by atoms with van der Waals surface area (Å²) in [6.45, 7) is 2.66. The number of ketones is 1. The molecular formula is C9H16N4O. The SMILES string of the molecule is CC(CN)CCC(=O)c1cnnn1C. The minimum atomic E-state index is 0.0813. The van der Waals surface area contributed by atoms with Crippen LogP contribution in [0.25, 0.3) is 0 Å². The van der Waals surface area contributed by atoms with Gasteiger partial charge in [0.1, 0.15) is 5.69 Å². The molecule has 0 radical (unpaired) electrons. The molecule has 1 atom stereocenters. The van der Waals surface area contributed by atoms with Gasteiger partial charge in [-0.1, -0.05) is 12.1 Å². The van der Waals surface area contributed by atoms with Crippen molar-refractivity contribution in [2.75, 3.05) is 6.54 Å². The van der Waals surface area contributed by atoms with Crippen LogP contribution in [0.2, 0.25) is 0 Å². The molecule has 0 bridgehead atoms. The lowest BCUT2D eigenvalue weighted by Gasteiger charge is -2.06. The first-order chi connectivity index (χ1) is 6.65. The number of hydrogen-bond acceptors (Lipinski definition) is 4. The largest absolute Gasteiger partial charge is 0.330 e. The van der Waals surface area contributed by atoms with Crippen molar-refractivity contribution in [1.82, 2.24) is 15.0 Å². The summed E-state index contributed by atoms with van der Waals surface area (Å²) in [7, 11) is 1.71. The van der Waals surface area contributed by atoms with Crippen molar-refractivity contribution in [2.24, 2.45) is 18.7 Å². The van der Waals surface area contributed by atoms with E-state index in [-0.39, 0.29) is 5.78 Å². The third kappa shape index (κ3) is 2.63. The van der Waals surface area contributed by atoms with E-state index in [1.54, 1.807) is 7.05 Å². The second kappa shape index (κ2) is 4.85. The van der Waals surface area contributed by atoms with E-state index < -0.39 is 0 Å². The number of carbonyl (C=O) groups excluding carboxylic acids is 1. The number of carbonyl (C=O) groups is 1. The predicted molar refractivity (Wildman–Crippen MR) is 52.8 cm³/mol. The van der Waals surface area contributed by atoms with E-state index in [2.05, 4.69) is 10.3 Å². The van der Waals surface area contributed by atoms with Crippen LogP contribution in [-0.2, 0) is 7.05 Å². The second-order valence-corrected chi connectivity index (χ2v) is 3.55. The van der Waals surface area contributed by atoms with Crippen molar-refractivity contribution >= 4 is 5.78 Å². The third-order valence-corrected chi connectivity index (χ3v) is 2.27. The standard InChI is InChI=1S/C9H16N4O/c1-7(5-10)3-4-9(14)8-6-11-12-13(8)2/h6-7H,3-5,10H2,1-2H3. The molecule has 0 aromatic carbocycles. The normalized spacial score (nSPS) is 12.8. The van der Waals surface area contributed by atoms with Gasteiger partial charge in [0.05, 0.1) is 6.20 Å². The van der Waals surface area contributed by atoms with Gasteiger partial charge in [-0.25, -0.2) is 4.68 Å². The molecule has 1 aromatic heterocycles. The molecule has 5 heteroatoms. The fourth-order valence-electron chi connectivity index (χ4n) is 1.17. The molecule has 14 heavy (non-hydrogen) atoms. The Morgan fingerprint density at radius 2 is 2.43 bits per heavy atom. The number of nitrogens with two attached hydrogens (primary N) is 1. The molecule has 5 nitrogen and oxygen atoms in total. The number of Topliss-reactive ketones (excluding diaryl/α,β-unsaturated/α-hetero) is 1. The van der Waals surface area contributed by atoms with Crippen molar-refractivity contribution in [3.05, 3.63) is 11.9 Å². The average molecular weight is 196 g/mol. The Kier molecular flexibility index (Phi) is 3.76. The van der Waals surface area contributed by atoms with Gasteiger partial charge in [-0.05, 0) is 18.9 Å². The maximum absolute atomic E-state index is 11.6. The summed E-state index contributed by atoms with van der Waals surface area (Å²) in [5, 5.41) is 7.36. The summed E-state index contributed by atoms with van der Waals surface area (Å²) in [5.41, 5.74) is 6.03. The molecule has 1 aromatic rings. The Hall–Kier alpha value is -1.23. The molecule has 78 valence electrons. The van der Waals surface area contributed by atoms with Gasteiger partial charge in [0.25, 0.3) is 0 Å². The van der Waals surface area contributed by atoms with Gasteiger partial charge in [0.15, 0.2) is 5.78 Å². The van der Waals surface area contributed by atoms with Gasteiger partial charge in [-0.3, -0.25) is 4.79 Å². The zero-order chi connectivity index (χ0) is 10.6. The summed E-state index contributed by atoms with van der Waals surface area (Å²) >= 11 is 0. The van der Waals surface area contributed by atoms with Crippen LogP contribution < -0.4 is 5.73 Å². The Labute approximate surface area is 83.3 Å². The van der Waals surface area contributed by atoms with Crippen molar-refractivity contribution < 1.29 is 4.79 Å². The Balaban J connectivity index is 2.47. The van der Waals surface area contributed by atoms with Crippen LogP contribution >= 0.6 is 0 Å². The fourth-order valence-corrected chi connectivity index (χ4v) is 1.17. The van der Waals surface area contributed by atoms with Crippen molar-refractivity contribution in [1.29, 1.82) is 0 Å². The first kappa shape index (κ1) is 10.8. The van der Waals surface area contributed by atoms with E-state index in [0.717, 1.165) is 6.42 Å². The average Bonchev–Trinajstić information content (AvgIpc) is 2.60. The molecule has 0 spiro atoms.